The lowest BCUT2D eigenvalue weighted by Crippen LogP contribution is -2.41. The third-order valence-electron chi connectivity index (χ3n) is 4.20. The van der Waals surface area contributed by atoms with Crippen molar-refractivity contribution in [3.63, 3.8) is 0 Å². The fourth-order valence-corrected chi connectivity index (χ4v) is 4.96. The molecule has 0 aliphatic heterocycles. The Morgan fingerprint density at radius 1 is 0.800 bits per heavy atom. The van der Waals surface area contributed by atoms with Gasteiger partial charge >= 0.3 is 5.97 Å². The standard InChI is InChI=1S/C21H20NO2P/c1-21(22,20(23)24)16-12-14-19(15-13-16)25(17-8-4-2-5-9-17)18-10-6-3-7-11-18/h2-15H,22H2,1H3,(H,23,24)/t21-/m1/s1. The summed E-state index contributed by atoms with van der Waals surface area (Å²) in [7, 11) is -0.698. The molecule has 0 saturated carbocycles. The molecule has 0 radical (unpaired) electrons. The molecule has 0 fully saturated rings. The first kappa shape index (κ1) is 17.3. The molecule has 4 heteroatoms. The van der Waals surface area contributed by atoms with Crippen molar-refractivity contribution in [3.05, 3.63) is 90.5 Å². The summed E-state index contributed by atoms with van der Waals surface area (Å²) in [5, 5.41) is 13.0. The summed E-state index contributed by atoms with van der Waals surface area (Å²) >= 11 is 0. The Hall–Kier alpha value is -2.48. The van der Waals surface area contributed by atoms with E-state index < -0.39 is 19.4 Å². The quantitative estimate of drug-likeness (QED) is 0.696. The second kappa shape index (κ2) is 7.18. The molecule has 0 spiro atoms. The summed E-state index contributed by atoms with van der Waals surface area (Å²) in [6.07, 6.45) is 0. The number of hydrogen-bond acceptors (Lipinski definition) is 2. The first-order valence-electron chi connectivity index (χ1n) is 8.03. The van der Waals surface area contributed by atoms with Gasteiger partial charge in [-0.05, 0) is 36.3 Å². The molecule has 0 heterocycles. The van der Waals surface area contributed by atoms with Gasteiger partial charge in [0.1, 0.15) is 5.54 Å². The van der Waals surface area contributed by atoms with Crippen LogP contribution in [-0.4, -0.2) is 11.1 Å². The van der Waals surface area contributed by atoms with Crippen molar-refractivity contribution in [2.24, 2.45) is 5.73 Å². The number of hydrogen-bond donors (Lipinski definition) is 2. The predicted octanol–water partition coefficient (Wildman–Crippen LogP) is 2.70. The van der Waals surface area contributed by atoms with Gasteiger partial charge in [0, 0.05) is 0 Å². The number of aliphatic carboxylic acids is 1. The van der Waals surface area contributed by atoms with Gasteiger partial charge in [-0.3, -0.25) is 0 Å². The van der Waals surface area contributed by atoms with Crippen LogP contribution in [0.2, 0.25) is 0 Å². The maximum absolute atomic E-state index is 11.4. The molecule has 0 saturated heterocycles. The minimum atomic E-state index is -1.39. The Balaban J connectivity index is 2.05. The minimum absolute atomic E-state index is 0.597. The van der Waals surface area contributed by atoms with Crippen molar-refractivity contribution < 1.29 is 9.90 Å². The molecule has 1 atom stereocenters. The summed E-state index contributed by atoms with van der Waals surface area (Å²) in [6.45, 7) is 1.52. The van der Waals surface area contributed by atoms with Crippen molar-refractivity contribution in [2.45, 2.75) is 12.5 Å². The average Bonchev–Trinajstić information content (AvgIpc) is 2.64. The van der Waals surface area contributed by atoms with E-state index in [4.69, 9.17) is 5.73 Å². The normalized spacial score (nSPS) is 13.4. The highest BCUT2D eigenvalue weighted by Gasteiger charge is 2.30. The van der Waals surface area contributed by atoms with Gasteiger partial charge in [-0.25, -0.2) is 4.79 Å². The Bertz CT molecular complexity index is 807. The number of carboxylic acids is 1. The smallest absolute Gasteiger partial charge is 0.328 e. The fourth-order valence-electron chi connectivity index (χ4n) is 2.68. The van der Waals surface area contributed by atoms with Crippen LogP contribution in [-0.2, 0) is 10.3 Å². The number of carbonyl (C=O) groups is 1. The van der Waals surface area contributed by atoms with E-state index in [9.17, 15) is 9.90 Å². The molecule has 3 rings (SSSR count). The van der Waals surface area contributed by atoms with E-state index in [0.717, 1.165) is 5.30 Å². The topological polar surface area (TPSA) is 63.3 Å². The lowest BCUT2D eigenvalue weighted by molar-refractivity contribution is -0.143. The Morgan fingerprint density at radius 2 is 1.20 bits per heavy atom. The number of rotatable bonds is 5. The van der Waals surface area contributed by atoms with Gasteiger partial charge in [0.2, 0.25) is 0 Å². The average molecular weight is 349 g/mol. The van der Waals surface area contributed by atoms with Gasteiger partial charge in [0.25, 0.3) is 0 Å². The van der Waals surface area contributed by atoms with Crippen LogP contribution in [0.3, 0.4) is 0 Å². The zero-order chi connectivity index (χ0) is 17.9. The van der Waals surface area contributed by atoms with E-state index in [-0.39, 0.29) is 0 Å². The third kappa shape index (κ3) is 3.63. The molecule has 0 amide bonds. The highest BCUT2D eigenvalue weighted by Crippen LogP contribution is 2.33. The molecule has 3 nitrogen and oxygen atoms in total. The lowest BCUT2D eigenvalue weighted by Gasteiger charge is -2.22. The van der Waals surface area contributed by atoms with E-state index in [1.165, 1.54) is 17.5 Å². The van der Waals surface area contributed by atoms with E-state index in [1.807, 2.05) is 60.7 Å². The first-order chi connectivity index (χ1) is 12.0. The van der Waals surface area contributed by atoms with E-state index in [0.29, 0.717) is 5.56 Å². The largest absolute Gasteiger partial charge is 0.480 e. The molecular weight excluding hydrogens is 329 g/mol. The molecule has 3 aromatic rings. The third-order valence-corrected chi connectivity index (χ3v) is 6.64. The highest BCUT2D eigenvalue weighted by molar-refractivity contribution is 7.79. The molecule has 3 N–H and O–H groups in total. The Labute approximate surface area is 148 Å². The van der Waals surface area contributed by atoms with Crippen LogP contribution in [0, 0.1) is 0 Å². The molecule has 126 valence electrons. The summed E-state index contributed by atoms with van der Waals surface area (Å²) in [5.74, 6) is -1.03. The molecule has 0 aromatic heterocycles. The zero-order valence-corrected chi connectivity index (χ0v) is 14.9. The van der Waals surface area contributed by atoms with Gasteiger partial charge in [0.05, 0.1) is 0 Å². The van der Waals surface area contributed by atoms with Gasteiger partial charge in [-0.1, -0.05) is 84.9 Å². The molecule has 0 bridgehead atoms. The molecule has 0 aliphatic rings. The molecular formula is C21H20NO2P. The molecule has 0 unspecified atom stereocenters. The highest BCUT2D eigenvalue weighted by atomic mass is 31.1. The van der Waals surface area contributed by atoms with Crippen molar-refractivity contribution >= 4 is 29.8 Å². The van der Waals surface area contributed by atoms with Crippen molar-refractivity contribution in [2.75, 3.05) is 0 Å². The van der Waals surface area contributed by atoms with E-state index in [1.54, 1.807) is 0 Å². The monoisotopic (exact) mass is 349 g/mol. The lowest BCUT2D eigenvalue weighted by atomic mass is 9.94. The summed E-state index contributed by atoms with van der Waals surface area (Å²) in [6, 6.07) is 28.4. The van der Waals surface area contributed by atoms with Crippen LogP contribution in [0.1, 0.15) is 12.5 Å². The fraction of sp³-hybridized carbons (Fsp3) is 0.0952. The van der Waals surface area contributed by atoms with Crippen molar-refractivity contribution in [1.82, 2.24) is 0 Å². The van der Waals surface area contributed by atoms with Crippen molar-refractivity contribution in [1.29, 1.82) is 0 Å². The Kier molecular flexibility index (Phi) is 4.98. The summed E-state index contributed by atoms with van der Waals surface area (Å²) in [4.78, 5) is 11.4. The zero-order valence-electron chi connectivity index (χ0n) is 14.0. The van der Waals surface area contributed by atoms with Gasteiger partial charge in [-0.15, -0.1) is 0 Å². The predicted molar refractivity (Wildman–Crippen MR) is 104 cm³/mol. The molecule has 25 heavy (non-hydrogen) atoms. The van der Waals surface area contributed by atoms with E-state index in [2.05, 4.69) is 24.3 Å². The van der Waals surface area contributed by atoms with Crippen LogP contribution < -0.4 is 21.6 Å². The summed E-state index contributed by atoms with van der Waals surface area (Å²) < 4.78 is 0. The minimum Gasteiger partial charge on any atom is -0.480 e. The van der Waals surface area contributed by atoms with Crippen LogP contribution in [0.5, 0.6) is 0 Å². The van der Waals surface area contributed by atoms with Gasteiger partial charge in [0.15, 0.2) is 0 Å². The first-order valence-corrected chi connectivity index (χ1v) is 9.37. The van der Waals surface area contributed by atoms with E-state index >= 15 is 0 Å². The molecule has 0 aliphatic carbocycles. The second-order valence-corrected chi connectivity index (χ2v) is 8.28. The van der Waals surface area contributed by atoms with Gasteiger partial charge in [-0.2, -0.15) is 0 Å². The maximum atomic E-state index is 11.4. The number of benzene rings is 3. The number of nitrogens with two attached hydrogens (primary N) is 1. The SMILES string of the molecule is C[C@](N)(C(=O)O)c1ccc(P(c2ccccc2)c2ccccc2)cc1. The van der Waals surface area contributed by atoms with Crippen LogP contribution in [0.15, 0.2) is 84.9 Å². The maximum Gasteiger partial charge on any atom is 0.328 e. The Morgan fingerprint density at radius 3 is 1.60 bits per heavy atom. The number of carboxylic acid groups (broad SMARTS) is 1. The summed E-state index contributed by atoms with van der Waals surface area (Å²) in [5.41, 5.74) is 5.14. The second-order valence-electron chi connectivity index (χ2n) is 6.06. The van der Waals surface area contributed by atoms with Crippen LogP contribution >= 0.6 is 7.92 Å². The van der Waals surface area contributed by atoms with Crippen molar-refractivity contribution in [3.8, 4) is 0 Å². The van der Waals surface area contributed by atoms with Gasteiger partial charge < -0.3 is 10.8 Å². The van der Waals surface area contributed by atoms with Crippen LogP contribution in [0.25, 0.3) is 0 Å². The van der Waals surface area contributed by atoms with Crippen LogP contribution in [0.4, 0.5) is 0 Å². The molecule has 3 aromatic carbocycles.